The lowest BCUT2D eigenvalue weighted by atomic mass is 10.1. The normalized spacial score (nSPS) is 14.3. The molecule has 0 radical (unpaired) electrons. The summed E-state index contributed by atoms with van der Waals surface area (Å²) in [7, 11) is 1.63. The summed E-state index contributed by atoms with van der Waals surface area (Å²) in [4.78, 5) is 31.8. The third-order valence-electron chi connectivity index (χ3n) is 5.69. The number of halogens is 1. The van der Waals surface area contributed by atoms with Crippen LogP contribution in [0.3, 0.4) is 0 Å². The Hall–Kier alpha value is -3.37. The quantitative estimate of drug-likeness (QED) is 0.398. The summed E-state index contributed by atoms with van der Waals surface area (Å²) in [6.07, 6.45) is 0. The zero-order chi connectivity index (χ0) is 23.5. The van der Waals surface area contributed by atoms with E-state index in [1.165, 1.54) is 6.92 Å². The SMILES string of the molecule is COc1ccc(-c2nc(CN3CCN(C(=O)c4cc(F)c(C)c([N+](=O)[O-])c4)CC3)cs2)cc1. The lowest BCUT2D eigenvalue weighted by molar-refractivity contribution is -0.385. The maximum Gasteiger partial charge on any atom is 0.276 e. The van der Waals surface area contributed by atoms with Gasteiger partial charge >= 0.3 is 0 Å². The number of rotatable bonds is 6. The van der Waals surface area contributed by atoms with E-state index < -0.39 is 16.6 Å². The third kappa shape index (κ3) is 5.01. The molecule has 0 saturated carbocycles. The maximum absolute atomic E-state index is 14.1. The molecule has 1 amide bonds. The molecule has 0 unspecified atom stereocenters. The minimum absolute atomic E-state index is 0.00175. The summed E-state index contributed by atoms with van der Waals surface area (Å²) in [5.74, 6) is -0.347. The lowest BCUT2D eigenvalue weighted by Crippen LogP contribution is -2.48. The van der Waals surface area contributed by atoms with Crippen molar-refractivity contribution in [3.63, 3.8) is 0 Å². The Labute approximate surface area is 194 Å². The van der Waals surface area contributed by atoms with Gasteiger partial charge in [0.25, 0.3) is 11.6 Å². The van der Waals surface area contributed by atoms with Gasteiger partial charge in [0.05, 0.1) is 23.3 Å². The minimum atomic E-state index is -0.748. The number of ether oxygens (including phenoxy) is 1. The Morgan fingerprint density at radius 1 is 1.21 bits per heavy atom. The monoisotopic (exact) mass is 470 g/mol. The highest BCUT2D eigenvalue weighted by Crippen LogP contribution is 2.27. The molecule has 2 heterocycles. The molecule has 4 rings (SSSR count). The van der Waals surface area contributed by atoms with Gasteiger partial charge in [-0.2, -0.15) is 0 Å². The van der Waals surface area contributed by atoms with Crippen LogP contribution in [0.25, 0.3) is 10.6 Å². The van der Waals surface area contributed by atoms with Crippen LogP contribution in [0.1, 0.15) is 21.6 Å². The maximum atomic E-state index is 14.1. The van der Waals surface area contributed by atoms with Crippen LogP contribution in [0.4, 0.5) is 10.1 Å². The number of amides is 1. The third-order valence-corrected chi connectivity index (χ3v) is 6.63. The predicted octanol–water partition coefficient (Wildman–Crippen LogP) is 4.13. The number of aromatic nitrogens is 1. The summed E-state index contributed by atoms with van der Waals surface area (Å²) in [6, 6.07) is 9.99. The van der Waals surface area contributed by atoms with Crippen LogP contribution >= 0.6 is 11.3 Å². The number of benzene rings is 2. The number of nitro groups is 1. The second kappa shape index (κ2) is 9.63. The summed E-state index contributed by atoms with van der Waals surface area (Å²) < 4.78 is 19.3. The second-order valence-corrected chi connectivity index (χ2v) is 8.66. The summed E-state index contributed by atoms with van der Waals surface area (Å²) in [6.45, 7) is 4.18. The van der Waals surface area contributed by atoms with Crippen LogP contribution in [-0.2, 0) is 6.54 Å². The van der Waals surface area contributed by atoms with Crippen molar-refractivity contribution < 1.29 is 18.8 Å². The van der Waals surface area contributed by atoms with Crippen molar-refractivity contribution in [1.29, 1.82) is 0 Å². The van der Waals surface area contributed by atoms with E-state index in [1.54, 1.807) is 23.3 Å². The average Bonchev–Trinajstić information content (AvgIpc) is 3.29. The zero-order valence-electron chi connectivity index (χ0n) is 18.3. The molecule has 0 atom stereocenters. The van der Waals surface area contributed by atoms with Crippen molar-refractivity contribution in [3.8, 4) is 16.3 Å². The van der Waals surface area contributed by atoms with Gasteiger partial charge in [-0.1, -0.05) is 0 Å². The fourth-order valence-electron chi connectivity index (χ4n) is 3.74. The first-order chi connectivity index (χ1) is 15.9. The number of methoxy groups -OCH3 is 1. The number of nitro benzene ring substituents is 1. The van der Waals surface area contributed by atoms with Crippen molar-refractivity contribution in [2.24, 2.45) is 0 Å². The number of hydrogen-bond acceptors (Lipinski definition) is 7. The molecule has 1 aliphatic rings. The van der Waals surface area contributed by atoms with Crippen LogP contribution in [0.5, 0.6) is 5.75 Å². The van der Waals surface area contributed by atoms with E-state index in [0.29, 0.717) is 32.7 Å². The van der Waals surface area contributed by atoms with Gasteiger partial charge in [-0.25, -0.2) is 9.37 Å². The number of hydrogen-bond donors (Lipinski definition) is 0. The van der Waals surface area contributed by atoms with Crippen molar-refractivity contribution >= 4 is 22.9 Å². The number of nitrogens with zero attached hydrogens (tertiary/aromatic N) is 4. The van der Waals surface area contributed by atoms with Crippen LogP contribution in [0.15, 0.2) is 41.8 Å². The Balaban J connectivity index is 1.36. The standard InChI is InChI=1S/C23H23FN4O4S/c1-15-20(24)11-17(12-21(15)28(30)31)23(29)27-9-7-26(8-10-27)13-18-14-33-22(25-18)16-3-5-19(32-2)6-4-16/h3-6,11-12,14H,7-10,13H2,1-2H3. The van der Waals surface area contributed by atoms with Gasteiger partial charge in [0.1, 0.15) is 16.6 Å². The van der Waals surface area contributed by atoms with Crippen molar-refractivity contribution in [1.82, 2.24) is 14.8 Å². The van der Waals surface area contributed by atoms with E-state index in [1.807, 2.05) is 29.6 Å². The van der Waals surface area contributed by atoms with Crippen LogP contribution in [0, 0.1) is 22.9 Å². The topological polar surface area (TPSA) is 88.8 Å². The zero-order valence-corrected chi connectivity index (χ0v) is 19.1. The number of thiazole rings is 1. The fraction of sp³-hybridized carbons (Fsp3) is 0.304. The summed E-state index contributed by atoms with van der Waals surface area (Å²) in [5, 5.41) is 14.1. The lowest BCUT2D eigenvalue weighted by Gasteiger charge is -2.34. The number of carbonyl (C=O) groups excluding carboxylic acids is 1. The first-order valence-corrected chi connectivity index (χ1v) is 11.3. The van der Waals surface area contributed by atoms with E-state index in [-0.39, 0.29) is 16.8 Å². The first-order valence-electron chi connectivity index (χ1n) is 10.4. The highest BCUT2D eigenvalue weighted by molar-refractivity contribution is 7.13. The molecule has 0 bridgehead atoms. The minimum Gasteiger partial charge on any atom is -0.497 e. The van der Waals surface area contributed by atoms with E-state index in [4.69, 9.17) is 9.72 Å². The molecule has 0 aliphatic carbocycles. The molecule has 1 fully saturated rings. The van der Waals surface area contributed by atoms with E-state index in [9.17, 15) is 19.3 Å². The van der Waals surface area contributed by atoms with Gasteiger partial charge in [-0.05, 0) is 37.3 Å². The average molecular weight is 471 g/mol. The van der Waals surface area contributed by atoms with Gasteiger partial charge in [0, 0.05) is 55.3 Å². The molecule has 0 N–H and O–H groups in total. The fourth-order valence-corrected chi connectivity index (χ4v) is 4.56. The molecule has 1 aromatic heterocycles. The molecule has 172 valence electrons. The number of piperazine rings is 1. The highest BCUT2D eigenvalue weighted by Gasteiger charge is 2.26. The Kier molecular flexibility index (Phi) is 6.66. The van der Waals surface area contributed by atoms with Gasteiger partial charge in [0.2, 0.25) is 0 Å². The second-order valence-electron chi connectivity index (χ2n) is 7.80. The summed E-state index contributed by atoms with van der Waals surface area (Å²) in [5.41, 5.74) is 1.54. The molecule has 0 spiro atoms. The molecule has 10 heteroatoms. The smallest absolute Gasteiger partial charge is 0.276 e. The first kappa shape index (κ1) is 22.8. The van der Waals surface area contributed by atoms with Gasteiger partial charge in [-0.15, -0.1) is 11.3 Å². The molecule has 33 heavy (non-hydrogen) atoms. The molecule has 3 aromatic rings. The van der Waals surface area contributed by atoms with E-state index in [2.05, 4.69) is 4.90 Å². The molecule has 8 nitrogen and oxygen atoms in total. The van der Waals surface area contributed by atoms with E-state index >= 15 is 0 Å². The van der Waals surface area contributed by atoms with Gasteiger partial charge in [0.15, 0.2) is 0 Å². The Morgan fingerprint density at radius 3 is 2.55 bits per heavy atom. The predicted molar refractivity (Wildman–Crippen MR) is 123 cm³/mol. The van der Waals surface area contributed by atoms with Crippen molar-refractivity contribution in [2.45, 2.75) is 13.5 Å². The number of carbonyl (C=O) groups is 1. The molecule has 1 saturated heterocycles. The van der Waals surface area contributed by atoms with E-state index in [0.717, 1.165) is 34.1 Å². The molecule has 1 aliphatic heterocycles. The van der Waals surface area contributed by atoms with Crippen LogP contribution in [-0.4, -0.2) is 58.9 Å². The van der Waals surface area contributed by atoms with Crippen molar-refractivity contribution in [2.75, 3.05) is 33.3 Å². The largest absolute Gasteiger partial charge is 0.497 e. The molecular weight excluding hydrogens is 447 g/mol. The molecule has 2 aromatic carbocycles. The molecular formula is C23H23FN4O4S. The van der Waals surface area contributed by atoms with Crippen LogP contribution < -0.4 is 4.74 Å². The van der Waals surface area contributed by atoms with Crippen molar-refractivity contribution in [3.05, 3.63) is 74.5 Å². The Morgan fingerprint density at radius 2 is 1.91 bits per heavy atom. The Bertz CT molecular complexity index is 1170. The highest BCUT2D eigenvalue weighted by atomic mass is 32.1. The summed E-state index contributed by atoms with van der Waals surface area (Å²) >= 11 is 1.58. The van der Waals surface area contributed by atoms with Gasteiger partial charge in [-0.3, -0.25) is 19.8 Å². The van der Waals surface area contributed by atoms with Crippen LogP contribution in [0.2, 0.25) is 0 Å². The van der Waals surface area contributed by atoms with Gasteiger partial charge < -0.3 is 9.64 Å².